The fourth-order valence-electron chi connectivity index (χ4n) is 1.82. The van der Waals surface area contributed by atoms with E-state index in [-0.39, 0.29) is 16.6 Å². The highest BCUT2D eigenvalue weighted by Gasteiger charge is 2.25. The average Bonchev–Trinajstić information content (AvgIpc) is 2.13. The molecule has 0 aromatic heterocycles. The van der Waals surface area contributed by atoms with Gasteiger partial charge in [0, 0.05) is 5.56 Å². The highest BCUT2D eigenvalue weighted by molar-refractivity contribution is 5.52. The molecule has 0 saturated heterocycles. The average molecular weight is 236 g/mol. The van der Waals surface area contributed by atoms with E-state index in [1.807, 2.05) is 0 Å². The van der Waals surface area contributed by atoms with Crippen molar-refractivity contribution in [2.24, 2.45) is 0 Å². The zero-order valence-corrected chi connectivity index (χ0v) is 12.0. The maximum Gasteiger partial charge on any atom is 0.164 e. The van der Waals surface area contributed by atoms with Crippen molar-refractivity contribution in [1.29, 1.82) is 0 Å². The van der Waals surface area contributed by atoms with Crippen molar-refractivity contribution in [3.63, 3.8) is 0 Å². The summed E-state index contributed by atoms with van der Waals surface area (Å²) in [5.41, 5.74) is 2.14. The van der Waals surface area contributed by atoms with Crippen molar-refractivity contribution >= 4 is 0 Å². The van der Waals surface area contributed by atoms with Gasteiger partial charge in [-0.15, -0.1) is 0 Å². The van der Waals surface area contributed by atoms with Crippen LogP contribution in [0.3, 0.4) is 0 Å². The van der Waals surface area contributed by atoms with Gasteiger partial charge in [0.05, 0.1) is 7.11 Å². The molecule has 0 aliphatic carbocycles. The second-order valence-electron chi connectivity index (χ2n) is 6.58. The number of hydrogen-bond acceptors (Lipinski definition) is 2. The van der Waals surface area contributed by atoms with Crippen LogP contribution in [-0.4, -0.2) is 12.2 Å². The lowest BCUT2D eigenvalue weighted by molar-refractivity contribution is 0.358. The van der Waals surface area contributed by atoms with E-state index in [1.54, 1.807) is 13.2 Å². The van der Waals surface area contributed by atoms with Gasteiger partial charge < -0.3 is 9.84 Å². The Morgan fingerprint density at radius 2 is 1.47 bits per heavy atom. The summed E-state index contributed by atoms with van der Waals surface area (Å²) in [6.45, 7) is 12.8. The van der Waals surface area contributed by atoms with Gasteiger partial charge in [-0.1, -0.05) is 47.6 Å². The van der Waals surface area contributed by atoms with Crippen LogP contribution in [0.15, 0.2) is 12.1 Å². The molecule has 0 aliphatic heterocycles. The van der Waals surface area contributed by atoms with Gasteiger partial charge in [0.15, 0.2) is 11.5 Å². The Labute approximate surface area is 105 Å². The number of phenolic OH excluding ortho intramolecular Hbond substituents is 1. The topological polar surface area (TPSA) is 29.5 Å². The summed E-state index contributed by atoms with van der Waals surface area (Å²) in [6, 6.07) is 3.94. The van der Waals surface area contributed by atoms with Gasteiger partial charge in [-0.2, -0.15) is 0 Å². The number of phenols is 1. The summed E-state index contributed by atoms with van der Waals surface area (Å²) in [6.07, 6.45) is 0. The number of ether oxygens (including phenoxy) is 1. The summed E-state index contributed by atoms with van der Waals surface area (Å²) in [5, 5.41) is 10.1. The third-order valence-corrected chi connectivity index (χ3v) is 2.95. The van der Waals surface area contributed by atoms with Gasteiger partial charge in [-0.05, 0) is 22.5 Å². The van der Waals surface area contributed by atoms with Gasteiger partial charge in [0.25, 0.3) is 0 Å². The SMILES string of the molecule is COc1c(O)cc(C(C)(C)C)cc1C(C)(C)C. The van der Waals surface area contributed by atoms with Crippen LogP contribution in [-0.2, 0) is 10.8 Å². The highest BCUT2D eigenvalue weighted by atomic mass is 16.5. The first-order chi connectivity index (χ1) is 7.57. The highest BCUT2D eigenvalue weighted by Crippen LogP contribution is 2.41. The van der Waals surface area contributed by atoms with Crippen LogP contribution in [0.25, 0.3) is 0 Å². The van der Waals surface area contributed by atoms with E-state index < -0.39 is 0 Å². The molecular formula is C15H24O2. The number of methoxy groups -OCH3 is 1. The van der Waals surface area contributed by atoms with Gasteiger partial charge in [0.1, 0.15) is 0 Å². The number of hydrogen-bond donors (Lipinski definition) is 1. The molecule has 0 spiro atoms. The predicted molar refractivity (Wildman–Crippen MR) is 72.1 cm³/mol. The number of aromatic hydroxyl groups is 1. The molecule has 1 aromatic rings. The molecule has 0 radical (unpaired) electrons. The molecule has 0 saturated carbocycles. The van der Waals surface area contributed by atoms with Crippen LogP contribution < -0.4 is 4.74 Å². The summed E-state index contributed by atoms with van der Waals surface area (Å²) in [7, 11) is 1.60. The quantitative estimate of drug-likeness (QED) is 0.798. The Kier molecular flexibility index (Phi) is 3.47. The number of rotatable bonds is 1. The third kappa shape index (κ3) is 2.93. The lowest BCUT2D eigenvalue weighted by Gasteiger charge is -2.27. The second kappa shape index (κ2) is 4.25. The second-order valence-corrected chi connectivity index (χ2v) is 6.58. The van der Waals surface area contributed by atoms with Crippen LogP contribution in [0.2, 0.25) is 0 Å². The Balaban J connectivity index is 3.51. The third-order valence-electron chi connectivity index (χ3n) is 2.95. The van der Waals surface area contributed by atoms with E-state index in [4.69, 9.17) is 4.74 Å². The van der Waals surface area contributed by atoms with E-state index in [1.165, 1.54) is 0 Å². The minimum atomic E-state index is -0.0515. The lowest BCUT2D eigenvalue weighted by Crippen LogP contribution is -2.17. The summed E-state index contributed by atoms with van der Waals surface area (Å²) >= 11 is 0. The van der Waals surface area contributed by atoms with Crippen molar-refractivity contribution in [2.75, 3.05) is 7.11 Å². The monoisotopic (exact) mass is 236 g/mol. The van der Waals surface area contributed by atoms with Crippen LogP contribution in [0.4, 0.5) is 0 Å². The molecule has 0 atom stereocenters. The van der Waals surface area contributed by atoms with Crippen LogP contribution in [0.1, 0.15) is 52.7 Å². The maximum atomic E-state index is 10.1. The van der Waals surface area contributed by atoms with Crippen molar-refractivity contribution in [3.8, 4) is 11.5 Å². The van der Waals surface area contributed by atoms with E-state index >= 15 is 0 Å². The molecule has 2 heteroatoms. The lowest BCUT2D eigenvalue weighted by atomic mass is 9.80. The Bertz CT molecular complexity index is 406. The van der Waals surface area contributed by atoms with Gasteiger partial charge in [-0.25, -0.2) is 0 Å². The van der Waals surface area contributed by atoms with Crippen LogP contribution in [0.5, 0.6) is 11.5 Å². The zero-order chi connectivity index (χ0) is 13.4. The van der Waals surface area contributed by atoms with E-state index in [9.17, 15) is 5.11 Å². The Hall–Kier alpha value is -1.18. The van der Waals surface area contributed by atoms with Crippen molar-refractivity contribution in [1.82, 2.24) is 0 Å². The molecule has 0 unspecified atom stereocenters. The van der Waals surface area contributed by atoms with E-state index in [2.05, 4.69) is 47.6 Å². The molecule has 96 valence electrons. The van der Waals surface area contributed by atoms with E-state index in [0.29, 0.717) is 5.75 Å². The molecule has 1 rings (SSSR count). The normalized spacial score (nSPS) is 12.6. The molecular weight excluding hydrogens is 212 g/mol. The largest absolute Gasteiger partial charge is 0.504 e. The standard InChI is InChI=1S/C15H24O2/c1-14(2,3)10-8-11(15(4,5)6)13(17-7)12(16)9-10/h8-9,16H,1-7H3. The maximum absolute atomic E-state index is 10.1. The van der Waals surface area contributed by atoms with Crippen LogP contribution in [0, 0.1) is 0 Å². The van der Waals surface area contributed by atoms with Crippen molar-refractivity contribution < 1.29 is 9.84 Å². The molecule has 0 heterocycles. The minimum Gasteiger partial charge on any atom is -0.504 e. The van der Waals surface area contributed by atoms with E-state index in [0.717, 1.165) is 11.1 Å². The summed E-state index contributed by atoms with van der Waals surface area (Å²) < 4.78 is 5.32. The smallest absolute Gasteiger partial charge is 0.164 e. The van der Waals surface area contributed by atoms with Gasteiger partial charge >= 0.3 is 0 Å². The Morgan fingerprint density at radius 3 is 1.82 bits per heavy atom. The first-order valence-corrected chi connectivity index (χ1v) is 5.99. The molecule has 17 heavy (non-hydrogen) atoms. The molecule has 0 fully saturated rings. The first kappa shape index (κ1) is 13.9. The molecule has 1 aromatic carbocycles. The fourth-order valence-corrected chi connectivity index (χ4v) is 1.82. The van der Waals surface area contributed by atoms with Gasteiger partial charge in [-0.3, -0.25) is 0 Å². The van der Waals surface area contributed by atoms with Crippen LogP contribution >= 0.6 is 0 Å². The van der Waals surface area contributed by atoms with Gasteiger partial charge in [0.2, 0.25) is 0 Å². The van der Waals surface area contributed by atoms with Crippen molar-refractivity contribution in [3.05, 3.63) is 23.3 Å². The predicted octanol–water partition coefficient (Wildman–Crippen LogP) is 4.00. The fraction of sp³-hybridized carbons (Fsp3) is 0.600. The minimum absolute atomic E-state index is 0.0176. The molecule has 2 nitrogen and oxygen atoms in total. The number of benzene rings is 1. The zero-order valence-electron chi connectivity index (χ0n) is 12.0. The molecule has 0 bridgehead atoms. The molecule has 1 N–H and O–H groups in total. The molecule has 0 aliphatic rings. The molecule has 0 amide bonds. The summed E-state index contributed by atoms with van der Waals surface area (Å²) in [5.74, 6) is 0.815. The first-order valence-electron chi connectivity index (χ1n) is 5.99. The Morgan fingerprint density at radius 1 is 0.941 bits per heavy atom. The van der Waals surface area contributed by atoms with Crippen molar-refractivity contribution in [2.45, 2.75) is 52.4 Å². The summed E-state index contributed by atoms with van der Waals surface area (Å²) in [4.78, 5) is 0.